The number of amides is 1. The summed E-state index contributed by atoms with van der Waals surface area (Å²) < 4.78 is 53.2. The second-order valence-electron chi connectivity index (χ2n) is 5.68. The highest BCUT2D eigenvalue weighted by atomic mass is 19.4. The summed E-state index contributed by atoms with van der Waals surface area (Å²) in [6.07, 6.45) is -3.30. The number of rotatable bonds is 2. The van der Waals surface area contributed by atoms with Crippen LogP contribution in [-0.4, -0.2) is 10.5 Å². The van der Waals surface area contributed by atoms with Gasteiger partial charge in [-0.3, -0.25) is 9.59 Å². The van der Waals surface area contributed by atoms with Gasteiger partial charge in [0, 0.05) is 24.3 Å². The summed E-state index contributed by atoms with van der Waals surface area (Å²) >= 11 is 0. The topological polar surface area (TPSA) is 51.1 Å². The van der Waals surface area contributed by atoms with Crippen LogP contribution in [0.25, 0.3) is 10.9 Å². The summed E-state index contributed by atoms with van der Waals surface area (Å²) in [5.41, 5.74) is -1.62. The van der Waals surface area contributed by atoms with Crippen molar-refractivity contribution in [1.82, 2.24) is 4.57 Å². The number of alkyl halides is 3. The summed E-state index contributed by atoms with van der Waals surface area (Å²) in [7, 11) is 1.57. The zero-order valence-corrected chi connectivity index (χ0v) is 13.4. The number of pyridine rings is 1. The fourth-order valence-corrected chi connectivity index (χ4v) is 2.60. The summed E-state index contributed by atoms with van der Waals surface area (Å²) in [4.78, 5) is 24.8. The van der Waals surface area contributed by atoms with Crippen molar-refractivity contribution in [2.45, 2.75) is 6.18 Å². The molecule has 26 heavy (non-hydrogen) atoms. The molecule has 2 aromatic carbocycles. The van der Waals surface area contributed by atoms with E-state index in [0.717, 1.165) is 24.3 Å². The van der Waals surface area contributed by atoms with E-state index in [1.165, 1.54) is 29.0 Å². The van der Waals surface area contributed by atoms with Crippen molar-refractivity contribution in [3.63, 3.8) is 0 Å². The SMILES string of the molecule is Cn1cc(C(=O)Nc2cccc(C(F)(F)F)c2)c(=O)c2cc(F)ccc21. The molecule has 3 aromatic rings. The Morgan fingerprint density at radius 3 is 2.54 bits per heavy atom. The Hall–Kier alpha value is -3.16. The molecule has 0 atom stereocenters. The first-order chi connectivity index (χ1) is 12.2. The molecular weight excluding hydrogens is 352 g/mol. The van der Waals surface area contributed by atoms with Crippen LogP contribution < -0.4 is 10.7 Å². The number of hydrogen-bond acceptors (Lipinski definition) is 2. The molecule has 8 heteroatoms. The van der Waals surface area contributed by atoms with Crippen molar-refractivity contribution >= 4 is 22.5 Å². The van der Waals surface area contributed by atoms with Crippen LogP contribution in [-0.2, 0) is 13.2 Å². The number of anilines is 1. The van der Waals surface area contributed by atoms with Gasteiger partial charge >= 0.3 is 6.18 Å². The van der Waals surface area contributed by atoms with Gasteiger partial charge in [0.1, 0.15) is 11.4 Å². The maximum Gasteiger partial charge on any atom is 0.416 e. The molecule has 1 aromatic heterocycles. The Morgan fingerprint density at radius 1 is 1.12 bits per heavy atom. The molecule has 0 aliphatic carbocycles. The van der Waals surface area contributed by atoms with E-state index in [-0.39, 0.29) is 16.6 Å². The number of halogens is 4. The molecule has 0 radical (unpaired) electrons. The standard InChI is InChI=1S/C18H12F4N2O2/c1-24-9-14(16(25)13-8-11(19)5-6-15(13)24)17(26)23-12-4-2-3-10(7-12)18(20,21)22/h2-9H,1H3,(H,23,26). The van der Waals surface area contributed by atoms with E-state index >= 15 is 0 Å². The molecule has 0 saturated carbocycles. The minimum Gasteiger partial charge on any atom is -0.350 e. The first kappa shape index (κ1) is 17.7. The summed E-state index contributed by atoms with van der Waals surface area (Å²) in [5.74, 6) is -1.51. The van der Waals surface area contributed by atoms with Gasteiger partial charge in [0.25, 0.3) is 5.91 Å². The Balaban J connectivity index is 2.01. The molecule has 0 aliphatic rings. The predicted octanol–water partition coefficient (Wildman–Crippen LogP) is 3.95. The monoisotopic (exact) mass is 364 g/mol. The van der Waals surface area contributed by atoms with E-state index in [9.17, 15) is 27.2 Å². The number of aryl methyl sites for hydroxylation is 1. The molecule has 0 bridgehead atoms. The van der Waals surface area contributed by atoms with E-state index in [1.807, 2.05) is 0 Å². The highest BCUT2D eigenvalue weighted by molar-refractivity contribution is 6.05. The zero-order valence-electron chi connectivity index (χ0n) is 13.4. The number of fused-ring (bicyclic) bond motifs is 1. The van der Waals surface area contributed by atoms with Crippen molar-refractivity contribution < 1.29 is 22.4 Å². The molecule has 0 saturated heterocycles. The Labute approximate surface area is 144 Å². The van der Waals surface area contributed by atoms with E-state index in [0.29, 0.717) is 5.52 Å². The highest BCUT2D eigenvalue weighted by Crippen LogP contribution is 2.30. The molecule has 0 unspecified atom stereocenters. The molecule has 0 spiro atoms. The van der Waals surface area contributed by atoms with Crippen LogP contribution in [0.5, 0.6) is 0 Å². The van der Waals surface area contributed by atoms with Crippen molar-refractivity contribution in [1.29, 1.82) is 0 Å². The van der Waals surface area contributed by atoms with Crippen LogP contribution >= 0.6 is 0 Å². The van der Waals surface area contributed by atoms with Crippen molar-refractivity contribution in [3.05, 3.63) is 75.8 Å². The van der Waals surface area contributed by atoms with E-state index in [2.05, 4.69) is 5.32 Å². The number of carbonyl (C=O) groups is 1. The maximum absolute atomic E-state index is 13.4. The number of nitrogens with one attached hydrogen (secondary N) is 1. The molecule has 0 aliphatic heterocycles. The van der Waals surface area contributed by atoms with Crippen LogP contribution in [0, 0.1) is 5.82 Å². The van der Waals surface area contributed by atoms with Crippen molar-refractivity contribution in [3.8, 4) is 0 Å². The molecule has 134 valence electrons. The van der Waals surface area contributed by atoms with Crippen LogP contribution in [0.15, 0.2) is 53.5 Å². The first-order valence-electron chi connectivity index (χ1n) is 7.44. The lowest BCUT2D eigenvalue weighted by atomic mass is 10.1. The van der Waals surface area contributed by atoms with Gasteiger partial charge in [-0.1, -0.05) is 6.07 Å². The largest absolute Gasteiger partial charge is 0.416 e. The molecule has 1 N–H and O–H groups in total. The van der Waals surface area contributed by atoms with Gasteiger partial charge in [0.15, 0.2) is 0 Å². The van der Waals surface area contributed by atoms with Crippen LogP contribution in [0.1, 0.15) is 15.9 Å². The van der Waals surface area contributed by atoms with Crippen LogP contribution in [0.3, 0.4) is 0 Å². The average Bonchev–Trinajstić information content (AvgIpc) is 2.57. The second kappa shape index (κ2) is 6.29. The van der Waals surface area contributed by atoms with Gasteiger partial charge in [0.2, 0.25) is 5.43 Å². The Morgan fingerprint density at radius 2 is 1.85 bits per heavy atom. The lowest BCUT2D eigenvalue weighted by Gasteiger charge is -2.11. The normalized spacial score (nSPS) is 11.6. The quantitative estimate of drug-likeness (QED) is 0.700. The zero-order chi connectivity index (χ0) is 19.1. The number of aromatic nitrogens is 1. The molecular formula is C18H12F4N2O2. The first-order valence-corrected chi connectivity index (χ1v) is 7.44. The van der Waals surface area contributed by atoms with Gasteiger partial charge in [-0.05, 0) is 36.4 Å². The van der Waals surface area contributed by atoms with E-state index in [1.54, 1.807) is 7.05 Å². The lowest BCUT2D eigenvalue weighted by molar-refractivity contribution is -0.137. The lowest BCUT2D eigenvalue weighted by Crippen LogP contribution is -2.23. The number of carbonyl (C=O) groups excluding carboxylic acids is 1. The minimum atomic E-state index is -4.56. The van der Waals surface area contributed by atoms with Crippen molar-refractivity contribution in [2.24, 2.45) is 7.05 Å². The van der Waals surface area contributed by atoms with Crippen LogP contribution in [0.2, 0.25) is 0 Å². The Bertz CT molecular complexity index is 1070. The van der Waals surface area contributed by atoms with Crippen LogP contribution in [0.4, 0.5) is 23.2 Å². The smallest absolute Gasteiger partial charge is 0.350 e. The third-order valence-corrected chi connectivity index (χ3v) is 3.84. The molecule has 0 fully saturated rings. The van der Waals surface area contributed by atoms with Gasteiger partial charge in [-0.15, -0.1) is 0 Å². The Kier molecular flexibility index (Phi) is 4.27. The second-order valence-corrected chi connectivity index (χ2v) is 5.68. The molecule has 1 amide bonds. The van der Waals surface area contributed by atoms with Gasteiger partial charge < -0.3 is 9.88 Å². The number of hydrogen-bond donors (Lipinski definition) is 1. The van der Waals surface area contributed by atoms with Gasteiger partial charge in [-0.2, -0.15) is 13.2 Å². The molecule has 3 rings (SSSR count). The average molecular weight is 364 g/mol. The fraction of sp³-hybridized carbons (Fsp3) is 0.111. The summed E-state index contributed by atoms with van der Waals surface area (Å²) in [6, 6.07) is 7.66. The third-order valence-electron chi connectivity index (χ3n) is 3.84. The third kappa shape index (κ3) is 3.30. The fourth-order valence-electron chi connectivity index (χ4n) is 2.60. The summed E-state index contributed by atoms with van der Waals surface area (Å²) in [6.45, 7) is 0. The van der Waals surface area contributed by atoms with E-state index < -0.39 is 28.9 Å². The molecule has 4 nitrogen and oxygen atoms in total. The van der Waals surface area contributed by atoms with Gasteiger partial charge in [0.05, 0.1) is 11.1 Å². The van der Waals surface area contributed by atoms with E-state index in [4.69, 9.17) is 0 Å². The predicted molar refractivity (Wildman–Crippen MR) is 88.5 cm³/mol. The number of benzene rings is 2. The summed E-state index contributed by atoms with van der Waals surface area (Å²) in [5, 5.41) is 2.28. The minimum absolute atomic E-state index is 0.00388. The maximum atomic E-state index is 13.4. The number of nitrogens with zero attached hydrogens (tertiary/aromatic N) is 1. The van der Waals surface area contributed by atoms with Crippen molar-refractivity contribution in [2.75, 3.05) is 5.32 Å². The molecule has 1 heterocycles. The van der Waals surface area contributed by atoms with Gasteiger partial charge in [-0.25, -0.2) is 4.39 Å². The highest BCUT2D eigenvalue weighted by Gasteiger charge is 2.30.